The first kappa shape index (κ1) is 15.8. The van der Waals surface area contributed by atoms with Crippen molar-refractivity contribution >= 4 is 5.69 Å². The lowest BCUT2D eigenvalue weighted by Crippen LogP contribution is -2.07. The Morgan fingerprint density at radius 1 is 0.852 bits per heavy atom. The highest BCUT2D eigenvalue weighted by atomic mass is 16.4. The van der Waals surface area contributed by atoms with Gasteiger partial charge in [-0.25, -0.2) is 0 Å². The van der Waals surface area contributed by atoms with Crippen molar-refractivity contribution in [2.75, 3.05) is 5.32 Å². The van der Waals surface area contributed by atoms with Crippen molar-refractivity contribution < 1.29 is 4.42 Å². The Labute approximate surface area is 157 Å². The lowest BCUT2D eigenvalue weighted by atomic mass is 10.1. The van der Waals surface area contributed by atoms with Crippen LogP contribution in [0.15, 0.2) is 77.2 Å². The molecule has 0 saturated carbocycles. The number of rotatable bonds is 4. The monoisotopic (exact) mass is 353 g/mol. The normalized spacial score (nSPS) is 13.1. The van der Waals surface area contributed by atoms with E-state index in [1.54, 1.807) is 0 Å². The van der Waals surface area contributed by atoms with E-state index in [4.69, 9.17) is 4.42 Å². The number of hydrogen-bond donors (Lipinski definition) is 1. The summed E-state index contributed by atoms with van der Waals surface area (Å²) in [6.07, 6.45) is 0.980. The first-order chi connectivity index (χ1) is 13.3. The number of nitrogens with one attached hydrogen (secondary N) is 1. The van der Waals surface area contributed by atoms with Crippen molar-refractivity contribution in [1.82, 2.24) is 10.2 Å². The number of anilines is 1. The van der Waals surface area contributed by atoms with Crippen LogP contribution >= 0.6 is 0 Å². The standard InChI is InChI=1S/C23H19N3O/c1-15(22-25-26-23(27-22)16-7-3-2-4-8-16)24-19-11-12-21-18(14-19)13-17-9-5-6-10-20(17)21/h2-12,14-15,24H,13H2,1H3/t15-/m0/s1. The third kappa shape index (κ3) is 2.89. The second-order valence-corrected chi connectivity index (χ2v) is 6.88. The summed E-state index contributed by atoms with van der Waals surface area (Å²) in [6, 6.07) is 24.9. The molecule has 4 aromatic rings. The second-order valence-electron chi connectivity index (χ2n) is 6.88. The fourth-order valence-corrected chi connectivity index (χ4v) is 3.65. The fourth-order valence-electron chi connectivity index (χ4n) is 3.65. The fraction of sp³-hybridized carbons (Fsp3) is 0.130. The minimum absolute atomic E-state index is 0.0724. The van der Waals surface area contributed by atoms with Gasteiger partial charge in [-0.3, -0.25) is 0 Å². The van der Waals surface area contributed by atoms with E-state index in [2.05, 4.69) is 58.0 Å². The maximum Gasteiger partial charge on any atom is 0.247 e. The summed E-state index contributed by atoms with van der Waals surface area (Å²) < 4.78 is 5.86. The smallest absolute Gasteiger partial charge is 0.247 e. The average molecular weight is 353 g/mol. The molecule has 0 bridgehead atoms. The third-order valence-electron chi connectivity index (χ3n) is 5.01. The molecular weight excluding hydrogens is 334 g/mol. The molecule has 1 aliphatic rings. The van der Waals surface area contributed by atoms with E-state index in [0.29, 0.717) is 11.8 Å². The van der Waals surface area contributed by atoms with Crippen LogP contribution in [-0.2, 0) is 6.42 Å². The van der Waals surface area contributed by atoms with Gasteiger partial charge in [0, 0.05) is 11.3 Å². The highest BCUT2D eigenvalue weighted by Crippen LogP contribution is 2.38. The zero-order valence-electron chi connectivity index (χ0n) is 15.0. The van der Waals surface area contributed by atoms with Crippen LogP contribution in [-0.4, -0.2) is 10.2 Å². The zero-order chi connectivity index (χ0) is 18.2. The van der Waals surface area contributed by atoms with Gasteiger partial charge in [0.15, 0.2) is 0 Å². The molecular formula is C23H19N3O. The molecule has 0 unspecified atom stereocenters. The van der Waals surface area contributed by atoms with Crippen molar-refractivity contribution in [2.45, 2.75) is 19.4 Å². The van der Waals surface area contributed by atoms with Crippen LogP contribution in [0.2, 0.25) is 0 Å². The molecule has 27 heavy (non-hydrogen) atoms. The molecule has 0 saturated heterocycles. The Hall–Kier alpha value is -3.40. The second kappa shape index (κ2) is 6.40. The Balaban J connectivity index is 1.36. The Morgan fingerprint density at radius 3 is 2.52 bits per heavy atom. The van der Waals surface area contributed by atoms with Gasteiger partial charge in [0.2, 0.25) is 11.8 Å². The molecule has 0 fully saturated rings. The van der Waals surface area contributed by atoms with Gasteiger partial charge in [-0.1, -0.05) is 48.5 Å². The molecule has 132 valence electrons. The molecule has 4 heteroatoms. The number of benzene rings is 3. The summed E-state index contributed by atoms with van der Waals surface area (Å²) in [5.74, 6) is 1.13. The summed E-state index contributed by atoms with van der Waals surface area (Å²) in [7, 11) is 0. The van der Waals surface area contributed by atoms with E-state index in [-0.39, 0.29) is 6.04 Å². The van der Waals surface area contributed by atoms with E-state index >= 15 is 0 Å². The summed E-state index contributed by atoms with van der Waals surface area (Å²) >= 11 is 0. The lowest BCUT2D eigenvalue weighted by molar-refractivity contribution is 0.485. The molecule has 0 amide bonds. The van der Waals surface area contributed by atoms with Crippen molar-refractivity contribution in [3.63, 3.8) is 0 Å². The molecule has 5 rings (SSSR count). The number of aromatic nitrogens is 2. The third-order valence-corrected chi connectivity index (χ3v) is 5.01. The minimum atomic E-state index is -0.0724. The summed E-state index contributed by atoms with van der Waals surface area (Å²) in [6.45, 7) is 2.03. The quantitative estimate of drug-likeness (QED) is 0.465. The molecule has 1 heterocycles. The maximum atomic E-state index is 5.86. The predicted molar refractivity (Wildman–Crippen MR) is 106 cm³/mol. The van der Waals surface area contributed by atoms with Crippen molar-refractivity contribution in [3.8, 4) is 22.6 Å². The van der Waals surface area contributed by atoms with Crippen LogP contribution in [0.3, 0.4) is 0 Å². The molecule has 1 N–H and O–H groups in total. The summed E-state index contributed by atoms with van der Waals surface area (Å²) in [5.41, 5.74) is 7.41. The molecule has 3 aromatic carbocycles. The van der Waals surface area contributed by atoms with Crippen LogP contribution in [0.1, 0.15) is 30.0 Å². The van der Waals surface area contributed by atoms with Gasteiger partial charge in [-0.2, -0.15) is 0 Å². The number of hydrogen-bond acceptors (Lipinski definition) is 4. The number of nitrogens with zero attached hydrogens (tertiary/aromatic N) is 2. The van der Waals surface area contributed by atoms with Crippen LogP contribution in [0.4, 0.5) is 5.69 Å². The Morgan fingerprint density at radius 2 is 1.63 bits per heavy atom. The highest BCUT2D eigenvalue weighted by Gasteiger charge is 2.19. The molecule has 1 aromatic heterocycles. The van der Waals surface area contributed by atoms with Crippen molar-refractivity contribution in [1.29, 1.82) is 0 Å². The summed E-state index contributed by atoms with van der Waals surface area (Å²) in [5, 5.41) is 11.9. The topological polar surface area (TPSA) is 51.0 Å². The molecule has 0 spiro atoms. The van der Waals surface area contributed by atoms with Gasteiger partial charge < -0.3 is 9.73 Å². The Kier molecular flexibility index (Phi) is 3.75. The van der Waals surface area contributed by atoms with Crippen molar-refractivity contribution in [3.05, 3.63) is 89.8 Å². The molecule has 0 radical (unpaired) electrons. The van der Waals surface area contributed by atoms with E-state index in [9.17, 15) is 0 Å². The molecule has 0 aliphatic heterocycles. The van der Waals surface area contributed by atoms with Crippen LogP contribution < -0.4 is 5.32 Å². The van der Waals surface area contributed by atoms with E-state index in [1.807, 2.05) is 37.3 Å². The van der Waals surface area contributed by atoms with E-state index in [1.165, 1.54) is 22.3 Å². The molecule has 1 aliphatic carbocycles. The highest BCUT2D eigenvalue weighted by molar-refractivity contribution is 5.78. The Bertz CT molecular complexity index is 1100. The minimum Gasteiger partial charge on any atom is -0.418 e. The van der Waals surface area contributed by atoms with Gasteiger partial charge in [-0.15, -0.1) is 10.2 Å². The first-order valence-electron chi connectivity index (χ1n) is 9.14. The van der Waals surface area contributed by atoms with E-state index < -0.39 is 0 Å². The van der Waals surface area contributed by atoms with Crippen molar-refractivity contribution in [2.24, 2.45) is 0 Å². The van der Waals surface area contributed by atoms with Crippen LogP contribution in [0.25, 0.3) is 22.6 Å². The van der Waals surface area contributed by atoms with Gasteiger partial charge in [0.25, 0.3) is 0 Å². The maximum absolute atomic E-state index is 5.86. The predicted octanol–water partition coefficient (Wildman–Crippen LogP) is 5.48. The average Bonchev–Trinajstić information content (AvgIpc) is 3.33. The van der Waals surface area contributed by atoms with Crippen LogP contribution in [0.5, 0.6) is 0 Å². The molecule has 4 nitrogen and oxygen atoms in total. The van der Waals surface area contributed by atoms with E-state index in [0.717, 1.165) is 17.7 Å². The van der Waals surface area contributed by atoms with Gasteiger partial charge in [0.1, 0.15) is 6.04 Å². The summed E-state index contributed by atoms with van der Waals surface area (Å²) in [4.78, 5) is 0. The largest absolute Gasteiger partial charge is 0.418 e. The first-order valence-corrected chi connectivity index (χ1v) is 9.14. The lowest BCUT2D eigenvalue weighted by Gasteiger charge is -2.13. The zero-order valence-corrected chi connectivity index (χ0v) is 15.0. The SMILES string of the molecule is C[C@H](Nc1ccc2c(c1)Cc1ccccc1-2)c1nnc(-c2ccccc2)o1. The van der Waals surface area contributed by atoms with Gasteiger partial charge >= 0.3 is 0 Å². The van der Waals surface area contributed by atoms with Gasteiger partial charge in [-0.05, 0) is 59.9 Å². The van der Waals surface area contributed by atoms with Crippen LogP contribution in [0, 0.1) is 0 Å². The number of fused-ring (bicyclic) bond motifs is 3. The van der Waals surface area contributed by atoms with Gasteiger partial charge in [0.05, 0.1) is 0 Å². The molecule has 1 atom stereocenters.